The van der Waals surface area contributed by atoms with Crippen molar-refractivity contribution in [3.05, 3.63) is 0 Å². The second-order valence-electron chi connectivity index (χ2n) is 4.90. The topological polar surface area (TPSA) is 37.3 Å². The maximum atomic E-state index is 10.8. The average Bonchev–Trinajstić information content (AvgIpc) is 2.03. The molecule has 0 aromatic heterocycles. The Morgan fingerprint density at radius 2 is 2.15 bits per heavy atom. The Bertz CT molecular complexity index is 208. The van der Waals surface area contributed by atoms with E-state index >= 15 is 0 Å². The average molecular weight is 184 g/mol. The lowest BCUT2D eigenvalue weighted by Crippen LogP contribution is -2.49. The predicted octanol–water partition coefficient (Wildman–Crippen LogP) is 2.78. The molecule has 0 bridgehead atoms. The van der Waals surface area contributed by atoms with Gasteiger partial charge in [-0.1, -0.05) is 34.1 Å². The molecule has 0 aromatic rings. The smallest absolute Gasteiger partial charge is 0.306 e. The van der Waals surface area contributed by atoms with Crippen LogP contribution in [0.5, 0.6) is 0 Å². The molecular formula is C11H20O2. The molecule has 1 fully saturated rings. The summed E-state index contributed by atoms with van der Waals surface area (Å²) in [6, 6.07) is 0. The zero-order chi connectivity index (χ0) is 10.2. The Hall–Kier alpha value is -0.530. The Morgan fingerprint density at radius 3 is 2.46 bits per heavy atom. The van der Waals surface area contributed by atoms with Gasteiger partial charge >= 0.3 is 5.97 Å². The van der Waals surface area contributed by atoms with Crippen LogP contribution in [-0.4, -0.2) is 11.1 Å². The Balaban J connectivity index is 2.62. The van der Waals surface area contributed by atoms with Gasteiger partial charge in [-0.3, -0.25) is 4.79 Å². The summed E-state index contributed by atoms with van der Waals surface area (Å²) < 4.78 is 0. The molecule has 0 radical (unpaired) electrons. The van der Waals surface area contributed by atoms with Crippen LogP contribution in [0.3, 0.4) is 0 Å². The number of carboxylic acid groups (broad SMARTS) is 1. The van der Waals surface area contributed by atoms with Crippen molar-refractivity contribution in [2.75, 3.05) is 0 Å². The summed E-state index contributed by atoms with van der Waals surface area (Å²) in [7, 11) is 0. The van der Waals surface area contributed by atoms with Crippen molar-refractivity contribution < 1.29 is 9.90 Å². The standard InChI is InChI=1S/C11H20O2/c1-5-8-6-9(11(8,3)4)7(2)10(12)13/h7-9H,5-6H2,1-4H3,(H,12,13). The first-order valence-corrected chi connectivity index (χ1v) is 5.14. The van der Waals surface area contributed by atoms with E-state index in [1.807, 2.05) is 6.92 Å². The molecule has 1 aliphatic carbocycles. The van der Waals surface area contributed by atoms with Crippen LogP contribution in [0.2, 0.25) is 0 Å². The Kier molecular flexibility index (Phi) is 2.69. The van der Waals surface area contributed by atoms with Crippen molar-refractivity contribution in [3.8, 4) is 0 Å². The summed E-state index contributed by atoms with van der Waals surface area (Å²) >= 11 is 0. The molecule has 0 aromatic carbocycles. The Labute approximate surface area is 80.3 Å². The highest BCUT2D eigenvalue weighted by Gasteiger charge is 2.50. The summed E-state index contributed by atoms with van der Waals surface area (Å²) in [4.78, 5) is 10.8. The van der Waals surface area contributed by atoms with Crippen molar-refractivity contribution in [1.82, 2.24) is 0 Å². The minimum atomic E-state index is -0.646. The van der Waals surface area contributed by atoms with Gasteiger partial charge in [-0.05, 0) is 23.7 Å². The molecule has 0 amide bonds. The molecule has 3 atom stereocenters. The van der Waals surface area contributed by atoms with Crippen LogP contribution in [0.1, 0.15) is 40.5 Å². The molecule has 1 N–H and O–H groups in total. The molecule has 0 spiro atoms. The normalized spacial score (nSPS) is 33.5. The highest BCUT2D eigenvalue weighted by Crippen LogP contribution is 2.55. The van der Waals surface area contributed by atoms with Gasteiger partial charge in [0, 0.05) is 0 Å². The van der Waals surface area contributed by atoms with E-state index in [0.29, 0.717) is 5.92 Å². The molecule has 1 aliphatic rings. The van der Waals surface area contributed by atoms with E-state index in [4.69, 9.17) is 5.11 Å². The molecule has 2 heteroatoms. The fraction of sp³-hybridized carbons (Fsp3) is 0.909. The van der Waals surface area contributed by atoms with E-state index < -0.39 is 5.97 Å². The summed E-state index contributed by atoms with van der Waals surface area (Å²) in [5, 5.41) is 8.91. The molecule has 76 valence electrons. The summed E-state index contributed by atoms with van der Waals surface area (Å²) in [5.74, 6) is 0.264. The van der Waals surface area contributed by atoms with E-state index in [-0.39, 0.29) is 11.3 Å². The van der Waals surface area contributed by atoms with E-state index in [9.17, 15) is 4.79 Å². The minimum absolute atomic E-state index is 0.183. The van der Waals surface area contributed by atoms with E-state index in [0.717, 1.165) is 12.3 Å². The number of rotatable bonds is 3. The molecule has 3 unspecified atom stereocenters. The van der Waals surface area contributed by atoms with Crippen molar-refractivity contribution in [2.45, 2.75) is 40.5 Å². The zero-order valence-corrected chi connectivity index (χ0v) is 9.00. The summed E-state index contributed by atoms with van der Waals surface area (Å²) in [6.07, 6.45) is 2.27. The number of hydrogen-bond acceptors (Lipinski definition) is 1. The maximum absolute atomic E-state index is 10.8. The number of carbonyl (C=O) groups is 1. The monoisotopic (exact) mass is 184 g/mol. The maximum Gasteiger partial charge on any atom is 0.306 e. The van der Waals surface area contributed by atoms with Crippen LogP contribution < -0.4 is 0 Å². The van der Waals surface area contributed by atoms with Crippen molar-refractivity contribution in [2.24, 2.45) is 23.2 Å². The molecule has 1 rings (SSSR count). The first kappa shape index (κ1) is 10.6. The van der Waals surface area contributed by atoms with Gasteiger partial charge in [0.1, 0.15) is 0 Å². The van der Waals surface area contributed by atoms with Gasteiger partial charge in [0.25, 0.3) is 0 Å². The van der Waals surface area contributed by atoms with Crippen LogP contribution >= 0.6 is 0 Å². The fourth-order valence-electron chi connectivity index (χ4n) is 2.77. The second kappa shape index (κ2) is 3.32. The van der Waals surface area contributed by atoms with Gasteiger partial charge < -0.3 is 5.11 Å². The van der Waals surface area contributed by atoms with E-state index in [1.54, 1.807) is 0 Å². The molecule has 13 heavy (non-hydrogen) atoms. The Morgan fingerprint density at radius 1 is 1.62 bits per heavy atom. The van der Waals surface area contributed by atoms with Gasteiger partial charge in [0.15, 0.2) is 0 Å². The van der Waals surface area contributed by atoms with E-state index in [2.05, 4.69) is 20.8 Å². The van der Waals surface area contributed by atoms with E-state index in [1.165, 1.54) is 6.42 Å². The lowest BCUT2D eigenvalue weighted by Gasteiger charge is -2.54. The largest absolute Gasteiger partial charge is 0.481 e. The fourth-order valence-corrected chi connectivity index (χ4v) is 2.77. The van der Waals surface area contributed by atoms with Crippen LogP contribution in [-0.2, 0) is 4.79 Å². The minimum Gasteiger partial charge on any atom is -0.481 e. The summed E-state index contributed by atoms with van der Waals surface area (Å²) in [5.41, 5.74) is 0.229. The molecule has 1 saturated carbocycles. The highest BCUT2D eigenvalue weighted by atomic mass is 16.4. The molecule has 0 heterocycles. The first-order chi connectivity index (χ1) is 5.91. The summed E-state index contributed by atoms with van der Waals surface area (Å²) in [6.45, 7) is 8.43. The molecule has 0 saturated heterocycles. The van der Waals surface area contributed by atoms with Crippen molar-refractivity contribution in [3.63, 3.8) is 0 Å². The lowest BCUT2D eigenvalue weighted by molar-refractivity contribution is -0.152. The van der Waals surface area contributed by atoms with Crippen LogP contribution in [0, 0.1) is 23.2 Å². The van der Waals surface area contributed by atoms with Gasteiger partial charge in [-0.25, -0.2) is 0 Å². The molecular weight excluding hydrogens is 164 g/mol. The highest BCUT2D eigenvalue weighted by molar-refractivity contribution is 5.70. The third-order valence-corrected chi connectivity index (χ3v) is 4.03. The van der Waals surface area contributed by atoms with Crippen molar-refractivity contribution in [1.29, 1.82) is 0 Å². The van der Waals surface area contributed by atoms with Crippen LogP contribution in [0.25, 0.3) is 0 Å². The number of aliphatic carboxylic acids is 1. The zero-order valence-electron chi connectivity index (χ0n) is 9.00. The SMILES string of the molecule is CCC1CC(C(C)C(=O)O)C1(C)C. The van der Waals surface area contributed by atoms with Gasteiger partial charge in [0.2, 0.25) is 0 Å². The second-order valence-corrected chi connectivity index (χ2v) is 4.90. The lowest BCUT2D eigenvalue weighted by atomic mass is 9.51. The molecule has 2 nitrogen and oxygen atoms in total. The predicted molar refractivity (Wildman–Crippen MR) is 52.5 cm³/mol. The van der Waals surface area contributed by atoms with Gasteiger partial charge in [0.05, 0.1) is 5.92 Å². The number of hydrogen-bond donors (Lipinski definition) is 1. The van der Waals surface area contributed by atoms with Crippen LogP contribution in [0.15, 0.2) is 0 Å². The third kappa shape index (κ3) is 1.59. The van der Waals surface area contributed by atoms with Gasteiger partial charge in [-0.15, -0.1) is 0 Å². The molecule has 0 aliphatic heterocycles. The van der Waals surface area contributed by atoms with Crippen LogP contribution in [0.4, 0.5) is 0 Å². The van der Waals surface area contributed by atoms with Crippen molar-refractivity contribution >= 4 is 5.97 Å². The first-order valence-electron chi connectivity index (χ1n) is 5.14. The number of carboxylic acids is 1. The third-order valence-electron chi connectivity index (χ3n) is 4.03. The van der Waals surface area contributed by atoms with Gasteiger partial charge in [-0.2, -0.15) is 0 Å². The quantitative estimate of drug-likeness (QED) is 0.732.